The third-order valence-electron chi connectivity index (χ3n) is 1.04. The van der Waals surface area contributed by atoms with Gasteiger partial charge >= 0.3 is 70.3 Å². The summed E-state index contributed by atoms with van der Waals surface area (Å²) in [6.45, 7) is 1.49. The van der Waals surface area contributed by atoms with E-state index in [0.717, 1.165) is 0 Å². The van der Waals surface area contributed by atoms with Crippen molar-refractivity contribution in [2.45, 2.75) is 13.0 Å². The van der Waals surface area contributed by atoms with Crippen molar-refractivity contribution in [3.8, 4) is 5.75 Å². The Morgan fingerprint density at radius 1 is 1.83 bits per heavy atom. The van der Waals surface area contributed by atoms with Gasteiger partial charge in [-0.2, -0.15) is 0 Å². The second-order valence-electron chi connectivity index (χ2n) is 1.83. The molecule has 0 bridgehead atoms. The fourth-order valence-corrected chi connectivity index (χ4v) is 0.735. The molecule has 0 heterocycles. The Labute approximate surface area is 71.2 Å². The summed E-state index contributed by atoms with van der Waals surface area (Å²) in [5.41, 5.74) is 0. The van der Waals surface area contributed by atoms with Crippen LogP contribution in [0.3, 0.4) is 0 Å². The second-order valence-corrected chi connectivity index (χ2v) is 2.24. The number of ether oxygens (including phenoxy) is 1. The van der Waals surface area contributed by atoms with Gasteiger partial charge in [-0.1, -0.05) is 0 Å². The van der Waals surface area contributed by atoms with Crippen molar-refractivity contribution in [3.63, 3.8) is 0 Å². The third kappa shape index (κ3) is 4.31. The summed E-state index contributed by atoms with van der Waals surface area (Å²) in [5, 5.41) is 10.9. The van der Waals surface area contributed by atoms with Crippen molar-refractivity contribution in [1.82, 2.24) is 5.32 Å². The quantitative estimate of drug-likeness (QED) is 0.362. The van der Waals surface area contributed by atoms with Gasteiger partial charge in [-0.05, 0) is 0 Å². The monoisotopic (exact) mass is 191 g/mol. The van der Waals surface area contributed by atoms with E-state index in [1.54, 1.807) is 6.92 Å². The third-order valence-corrected chi connectivity index (χ3v) is 1.26. The Balaban J connectivity index is 4.01. The Hall–Kier alpha value is -0.600. The molecule has 0 aromatic rings. The number of aliphatic hydroxyl groups is 1. The minimum absolute atomic E-state index is 0.242. The molecule has 0 aliphatic heterocycles. The summed E-state index contributed by atoms with van der Waals surface area (Å²) in [6, 6.07) is -0.883. The van der Waals surface area contributed by atoms with Gasteiger partial charge in [-0.3, -0.25) is 0 Å². The Morgan fingerprint density at radius 2 is 2.50 bits per heavy atom. The second kappa shape index (κ2) is 7.07. The van der Waals surface area contributed by atoms with Crippen LogP contribution in [0.25, 0.3) is 0 Å². The van der Waals surface area contributed by atoms with Gasteiger partial charge in [0.25, 0.3) is 0 Å². The maximum absolute atomic E-state index is 10.9. The van der Waals surface area contributed by atoms with E-state index in [2.05, 4.69) is 15.8 Å². The van der Waals surface area contributed by atoms with Crippen molar-refractivity contribution in [1.29, 1.82) is 0 Å². The van der Waals surface area contributed by atoms with Crippen LogP contribution in [0.1, 0.15) is 6.92 Å². The molecule has 0 aliphatic rings. The van der Waals surface area contributed by atoms with Crippen LogP contribution in [-0.4, -0.2) is 30.3 Å². The molecule has 2 N–H and O–H groups in total. The Morgan fingerprint density at radius 3 is 2.92 bits per heavy atom. The normalized spacial score (nSPS) is 11.5. The first-order valence-corrected chi connectivity index (χ1v) is 4.17. The molecule has 0 saturated heterocycles. The predicted molar refractivity (Wildman–Crippen MR) is 42.1 cm³/mol. The van der Waals surface area contributed by atoms with Crippen LogP contribution < -0.4 is 5.32 Å². The van der Waals surface area contributed by atoms with Crippen molar-refractivity contribution in [3.05, 3.63) is 0 Å². The molecule has 0 radical (unpaired) electrons. The molecule has 12 heavy (non-hydrogen) atoms. The zero-order valence-electron chi connectivity index (χ0n) is 6.61. The molecule has 5 nitrogen and oxygen atoms in total. The molecular weight excluding hydrogens is 181 g/mol. The average Bonchev–Trinajstić information content (AvgIpc) is 2.06. The van der Waals surface area contributed by atoms with Crippen LogP contribution in [0.5, 0.6) is 0 Å². The summed E-state index contributed by atoms with van der Waals surface area (Å²) in [6.07, 6.45) is 0. The molecule has 0 aromatic heterocycles. The van der Waals surface area contributed by atoms with Crippen LogP contribution in [0, 0.1) is 5.75 Å². The molecule has 0 aliphatic carbocycles. The van der Waals surface area contributed by atoms with Gasteiger partial charge in [0.15, 0.2) is 0 Å². The van der Waals surface area contributed by atoms with Gasteiger partial charge in [0.1, 0.15) is 0 Å². The topological polar surface area (TPSA) is 75.6 Å². The van der Waals surface area contributed by atoms with E-state index in [9.17, 15) is 9.36 Å². The zero-order valence-corrected chi connectivity index (χ0v) is 7.51. The maximum atomic E-state index is 10.9. The molecule has 0 saturated carbocycles. The fourth-order valence-electron chi connectivity index (χ4n) is 0.526. The van der Waals surface area contributed by atoms with Gasteiger partial charge in [0, 0.05) is 0 Å². The van der Waals surface area contributed by atoms with E-state index in [4.69, 9.17) is 5.11 Å². The fraction of sp³-hybridized carbons (Fsp3) is 0.667. The molecule has 0 rings (SSSR count). The molecule has 0 fully saturated rings. The van der Waals surface area contributed by atoms with Crippen molar-refractivity contribution in [2.24, 2.45) is 0 Å². The van der Waals surface area contributed by atoms with Gasteiger partial charge in [-0.15, -0.1) is 0 Å². The average molecular weight is 191 g/mol. The number of hydrogen-bond acceptors (Lipinski definition) is 5. The standard InChI is InChI=1S/C6H10NO4P/c1-2-11-6(9)5(3-8)7-4-12-10/h5,7-8H,2-3H2,1H3/t5-/m0/s1. The molecule has 0 aromatic carbocycles. The van der Waals surface area contributed by atoms with E-state index in [-0.39, 0.29) is 14.5 Å². The molecule has 0 amide bonds. The number of rotatable bonds is 4. The van der Waals surface area contributed by atoms with Crippen LogP contribution in [0.2, 0.25) is 0 Å². The van der Waals surface area contributed by atoms with E-state index in [1.165, 1.54) is 0 Å². The van der Waals surface area contributed by atoms with Crippen molar-refractivity contribution < 1.29 is 19.2 Å². The van der Waals surface area contributed by atoms with Crippen LogP contribution in [0.15, 0.2) is 0 Å². The summed E-state index contributed by atoms with van der Waals surface area (Å²) in [4.78, 5) is 10.9. The summed E-state index contributed by atoms with van der Waals surface area (Å²) < 4.78 is 14.5. The summed E-state index contributed by atoms with van der Waals surface area (Å²) in [5.74, 6) is 1.56. The van der Waals surface area contributed by atoms with Crippen molar-refractivity contribution >= 4 is 13.9 Å². The molecule has 1 atom stereocenters. The van der Waals surface area contributed by atoms with Crippen LogP contribution in [-0.2, 0) is 14.1 Å². The molecule has 6 heteroatoms. The first-order chi connectivity index (χ1) is 5.76. The van der Waals surface area contributed by atoms with Crippen LogP contribution >= 0.6 is 7.92 Å². The Bertz CT molecular complexity index is 235. The molecule has 0 spiro atoms. The predicted octanol–water partition coefficient (Wildman–Crippen LogP) is -0.292. The first kappa shape index (κ1) is 11.4. The van der Waals surface area contributed by atoms with E-state index in [0.29, 0.717) is 0 Å². The summed E-state index contributed by atoms with van der Waals surface area (Å²) >= 11 is 0. The number of carbonyl (C=O) groups excluding carboxylic acids is 1. The zero-order chi connectivity index (χ0) is 9.40. The summed E-state index contributed by atoms with van der Waals surface area (Å²) in [7, 11) is -0.365. The van der Waals surface area contributed by atoms with Gasteiger partial charge in [0.2, 0.25) is 0 Å². The van der Waals surface area contributed by atoms with Crippen molar-refractivity contribution in [2.75, 3.05) is 13.2 Å². The number of carbonyl (C=O) groups is 1. The number of esters is 1. The SMILES string of the molecule is CCOC(=O)[C@H](CO)NC#P=O. The van der Waals surface area contributed by atoms with E-state index < -0.39 is 18.6 Å². The van der Waals surface area contributed by atoms with Crippen LogP contribution in [0.4, 0.5) is 0 Å². The molecule has 68 valence electrons. The van der Waals surface area contributed by atoms with Gasteiger partial charge < -0.3 is 0 Å². The number of aliphatic hydroxyl groups excluding tert-OH is 1. The molecule has 0 unspecified atom stereocenters. The van der Waals surface area contributed by atoms with Gasteiger partial charge in [-0.25, -0.2) is 0 Å². The first-order valence-electron chi connectivity index (χ1n) is 3.36. The Kier molecular flexibility index (Phi) is 6.72. The number of nitrogens with one attached hydrogen (secondary N) is 1. The number of hydrogen-bond donors (Lipinski definition) is 2. The molecular formula is C6H10NO4P. The van der Waals surface area contributed by atoms with E-state index >= 15 is 0 Å². The van der Waals surface area contributed by atoms with E-state index in [1.807, 2.05) is 0 Å². The minimum atomic E-state index is -0.883. The van der Waals surface area contributed by atoms with Gasteiger partial charge in [0.05, 0.1) is 0 Å².